The molecule has 0 spiro atoms. The van der Waals surface area contributed by atoms with Crippen molar-refractivity contribution in [3.05, 3.63) is 22.7 Å². The van der Waals surface area contributed by atoms with Gasteiger partial charge in [-0.2, -0.15) is 0 Å². The Hall–Kier alpha value is -0.950. The Labute approximate surface area is 121 Å². The van der Waals surface area contributed by atoms with Gasteiger partial charge in [0.2, 0.25) is 5.91 Å². The molecule has 0 heterocycles. The zero-order valence-corrected chi connectivity index (χ0v) is 12.1. The van der Waals surface area contributed by atoms with Gasteiger partial charge in [-0.15, -0.1) is 24.8 Å². The molecule has 1 aromatic carbocycles. The summed E-state index contributed by atoms with van der Waals surface area (Å²) in [5.41, 5.74) is -0.0671. The van der Waals surface area contributed by atoms with Crippen LogP contribution in [-0.4, -0.2) is 18.1 Å². The Kier molecular flexibility index (Phi) is 5.49. The first-order valence-electron chi connectivity index (χ1n) is 5.15. The molecule has 19 heavy (non-hydrogen) atoms. The Morgan fingerprint density at radius 3 is 2.68 bits per heavy atom. The number of carbonyl (C=O) groups is 1. The molecule has 1 aromatic rings. The second kappa shape index (κ2) is 6.47. The van der Waals surface area contributed by atoms with Gasteiger partial charge in [0.1, 0.15) is 0 Å². The van der Waals surface area contributed by atoms with Gasteiger partial charge in [0, 0.05) is 16.3 Å². The Morgan fingerprint density at radius 2 is 2.16 bits per heavy atom. The van der Waals surface area contributed by atoms with Gasteiger partial charge < -0.3 is 10.1 Å². The van der Waals surface area contributed by atoms with Crippen LogP contribution in [0, 0.1) is 5.92 Å². The summed E-state index contributed by atoms with van der Waals surface area (Å²) in [6.45, 7) is 1.56. The highest BCUT2D eigenvalue weighted by atomic mass is 79.9. The monoisotopic (exact) mass is 359 g/mol. The summed E-state index contributed by atoms with van der Waals surface area (Å²) >= 11 is 8.54. The van der Waals surface area contributed by atoms with Gasteiger partial charge in [-0.3, -0.25) is 4.79 Å². The van der Waals surface area contributed by atoms with E-state index in [1.807, 2.05) is 0 Å². The Balaban J connectivity index is 2.97. The maximum atomic E-state index is 12.2. The molecule has 0 aliphatic carbocycles. The molecule has 0 fully saturated rings. The molecule has 0 aromatic heterocycles. The van der Waals surface area contributed by atoms with Crippen LogP contribution in [0.1, 0.15) is 6.92 Å². The van der Waals surface area contributed by atoms with Gasteiger partial charge in [0.05, 0.1) is 5.69 Å². The first-order chi connectivity index (χ1) is 8.73. The highest BCUT2D eigenvalue weighted by molar-refractivity contribution is 9.10. The summed E-state index contributed by atoms with van der Waals surface area (Å²) in [7, 11) is 0. The fourth-order valence-electron chi connectivity index (χ4n) is 1.13. The van der Waals surface area contributed by atoms with Crippen molar-refractivity contribution >= 4 is 39.1 Å². The van der Waals surface area contributed by atoms with Crippen molar-refractivity contribution in [3.8, 4) is 5.75 Å². The lowest BCUT2D eigenvalue weighted by Gasteiger charge is -2.15. The second-order valence-corrected chi connectivity index (χ2v) is 4.96. The topological polar surface area (TPSA) is 38.3 Å². The summed E-state index contributed by atoms with van der Waals surface area (Å²) in [5, 5.41) is 2.34. The summed E-state index contributed by atoms with van der Waals surface area (Å²) in [6.07, 6.45) is -4.83. The molecule has 0 aliphatic heterocycles. The molecule has 1 atom stereocenters. The molecule has 0 aliphatic rings. The van der Waals surface area contributed by atoms with E-state index in [2.05, 4.69) is 26.0 Å². The molecule has 1 N–H and O–H groups in total. The number of hydrogen-bond donors (Lipinski definition) is 1. The van der Waals surface area contributed by atoms with E-state index in [4.69, 9.17) is 11.6 Å². The number of ether oxygens (including phenoxy) is 1. The van der Waals surface area contributed by atoms with E-state index in [1.54, 1.807) is 6.92 Å². The van der Waals surface area contributed by atoms with Crippen LogP contribution >= 0.6 is 27.5 Å². The van der Waals surface area contributed by atoms with E-state index in [1.165, 1.54) is 12.1 Å². The predicted molar refractivity (Wildman–Crippen MR) is 69.3 cm³/mol. The molecule has 0 bridgehead atoms. The molecule has 8 heteroatoms. The van der Waals surface area contributed by atoms with Crippen LogP contribution in [0.3, 0.4) is 0 Å². The average Bonchev–Trinajstić information content (AvgIpc) is 2.29. The quantitative estimate of drug-likeness (QED) is 0.819. The van der Waals surface area contributed by atoms with Gasteiger partial charge in [0.15, 0.2) is 5.75 Å². The number of benzene rings is 1. The number of alkyl halides is 4. The maximum absolute atomic E-state index is 12.2. The van der Waals surface area contributed by atoms with Gasteiger partial charge in [-0.05, 0) is 18.2 Å². The van der Waals surface area contributed by atoms with Gasteiger partial charge in [0.25, 0.3) is 0 Å². The smallest absolute Gasteiger partial charge is 0.404 e. The first-order valence-corrected chi connectivity index (χ1v) is 6.48. The van der Waals surface area contributed by atoms with E-state index in [9.17, 15) is 18.0 Å². The summed E-state index contributed by atoms with van der Waals surface area (Å²) in [4.78, 5) is 11.6. The zero-order chi connectivity index (χ0) is 14.6. The minimum atomic E-state index is -4.83. The van der Waals surface area contributed by atoms with Crippen LogP contribution in [0.15, 0.2) is 22.7 Å². The zero-order valence-electron chi connectivity index (χ0n) is 9.72. The normalized spacial score (nSPS) is 12.9. The number of anilines is 1. The van der Waals surface area contributed by atoms with Crippen LogP contribution in [0.5, 0.6) is 5.75 Å². The number of halogens is 5. The van der Waals surface area contributed by atoms with E-state index >= 15 is 0 Å². The molecule has 106 valence electrons. The predicted octanol–water partition coefficient (Wildman–Crippen LogP) is 4.16. The van der Waals surface area contributed by atoms with E-state index in [-0.39, 0.29) is 11.6 Å². The standard InChI is InChI=1S/C11H10BrClF3NO2/c1-6(5-13)10(18)17-8-3-2-7(12)4-9(8)19-11(14,15)16/h2-4,6H,5H2,1H3,(H,17,18). The summed E-state index contributed by atoms with van der Waals surface area (Å²) in [6, 6.07) is 3.92. The third kappa shape index (κ3) is 5.28. The van der Waals surface area contributed by atoms with Crippen LogP contribution in [0.4, 0.5) is 18.9 Å². The van der Waals surface area contributed by atoms with Crippen molar-refractivity contribution in [2.75, 3.05) is 11.2 Å². The minimum absolute atomic E-state index is 0.0671. The molecule has 3 nitrogen and oxygen atoms in total. The SMILES string of the molecule is CC(CCl)C(=O)Nc1ccc(Br)cc1OC(F)(F)F. The first kappa shape index (κ1) is 16.1. The van der Waals surface area contributed by atoms with Crippen LogP contribution < -0.4 is 10.1 Å². The lowest BCUT2D eigenvalue weighted by atomic mass is 10.2. The third-order valence-electron chi connectivity index (χ3n) is 2.11. The highest BCUT2D eigenvalue weighted by Gasteiger charge is 2.32. The molecule has 1 rings (SSSR count). The van der Waals surface area contributed by atoms with Crippen LogP contribution in [-0.2, 0) is 4.79 Å². The van der Waals surface area contributed by atoms with Crippen molar-refractivity contribution in [2.24, 2.45) is 5.92 Å². The molecule has 0 saturated carbocycles. The summed E-state index contributed by atoms with van der Waals surface area (Å²) < 4.78 is 41.0. The number of amides is 1. The highest BCUT2D eigenvalue weighted by Crippen LogP contribution is 2.33. The number of nitrogens with one attached hydrogen (secondary N) is 1. The average molecular weight is 361 g/mol. The molecule has 1 amide bonds. The lowest BCUT2D eigenvalue weighted by molar-refractivity contribution is -0.274. The van der Waals surface area contributed by atoms with Crippen LogP contribution in [0.25, 0.3) is 0 Å². The minimum Gasteiger partial charge on any atom is -0.404 e. The largest absolute Gasteiger partial charge is 0.573 e. The van der Waals surface area contributed by atoms with Crippen molar-refractivity contribution in [3.63, 3.8) is 0 Å². The Morgan fingerprint density at radius 1 is 1.53 bits per heavy atom. The number of rotatable bonds is 4. The lowest BCUT2D eigenvalue weighted by Crippen LogP contribution is -2.23. The summed E-state index contributed by atoms with van der Waals surface area (Å²) in [5.74, 6) is -1.43. The third-order valence-corrected chi connectivity index (χ3v) is 3.06. The van der Waals surface area contributed by atoms with Crippen molar-refractivity contribution < 1.29 is 22.7 Å². The molecule has 0 saturated heterocycles. The van der Waals surface area contributed by atoms with Crippen molar-refractivity contribution in [2.45, 2.75) is 13.3 Å². The molecular weight excluding hydrogens is 350 g/mol. The molecule has 1 unspecified atom stereocenters. The number of carbonyl (C=O) groups excluding carboxylic acids is 1. The van der Waals surface area contributed by atoms with Gasteiger partial charge in [-0.1, -0.05) is 22.9 Å². The van der Waals surface area contributed by atoms with E-state index in [0.29, 0.717) is 4.47 Å². The number of hydrogen-bond acceptors (Lipinski definition) is 2. The molecular formula is C11H10BrClF3NO2. The Bertz CT molecular complexity index is 468. The second-order valence-electron chi connectivity index (χ2n) is 3.73. The van der Waals surface area contributed by atoms with E-state index < -0.39 is 23.9 Å². The fraction of sp³-hybridized carbons (Fsp3) is 0.364. The van der Waals surface area contributed by atoms with Gasteiger partial charge in [-0.25, -0.2) is 0 Å². The van der Waals surface area contributed by atoms with Crippen LogP contribution in [0.2, 0.25) is 0 Å². The van der Waals surface area contributed by atoms with Gasteiger partial charge >= 0.3 is 6.36 Å². The van der Waals surface area contributed by atoms with Crippen molar-refractivity contribution in [1.29, 1.82) is 0 Å². The fourth-order valence-corrected chi connectivity index (χ4v) is 1.61. The van der Waals surface area contributed by atoms with Crippen molar-refractivity contribution in [1.82, 2.24) is 0 Å². The van der Waals surface area contributed by atoms with E-state index in [0.717, 1.165) is 6.07 Å². The molecule has 0 radical (unpaired) electrons. The maximum Gasteiger partial charge on any atom is 0.573 e.